The molecule has 2 aromatic carbocycles. The summed E-state index contributed by atoms with van der Waals surface area (Å²) in [6, 6.07) is 12.8. The quantitative estimate of drug-likeness (QED) is 0.586. The standard InChI is InChI=1S/C18H20N2O5/c1-24-15-9-8-14(17(20(22)23)18(15)25-2)12-16(21)19-11-10-13-6-4-3-5-7-13/h3-9H,10-12H2,1-2H3,(H,19,21)/i16+2. The Balaban J connectivity index is 2.06. The lowest BCUT2D eigenvalue weighted by Gasteiger charge is -2.11. The van der Waals surface area contributed by atoms with E-state index in [1.54, 1.807) is 6.07 Å². The second kappa shape index (κ2) is 8.68. The van der Waals surface area contributed by atoms with Crippen LogP contribution < -0.4 is 14.8 Å². The van der Waals surface area contributed by atoms with Crippen LogP contribution in [0.1, 0.15) is 11.1 Å². The fourth-order valence-corrected chi connectivity index (χ4v) is 2.52. The zero-order valence-electron chi connectivity index (χ0n) is 14.2. The number of nitrogens with one attached hydrogen (secondary N) is 1. The molecule has 0 aliphatic carbocycles. The first-order valence-corrected chi connectivity index (χ1v) is 7.75. The van der Waals surface area contributed by atoms with Crippen molar-refractivity contribution in [3.8, 4) is 11.5 Å². The number of nitrogens with zero attached hydrogens (tertiary/aromatic N) is 1. The zero-order valence-corrected chi connectivity index (χ0v) is 14.2. The average Bonchev–Trinajstić information content (AvgIpc) is 2.61. The van der Waals surface area contributed by atoms with Crippen molar-refractivity contribution in [2.75, 3.05) is 20.8 Å². The number of methoxy groups -OCH3 is 2. The van der Waals surface area contributed by atoms with Crippen molar-refractivity contribution in [2.45, 2.75) is 12.8 Å². The highest BCUT2D eigenvalue weighted by molar-refractivity contribution is 5.80. The Morgan fingerprint density at radius 3 is 2.44 bits per heavy atom. The largest absolute Gasteiger partial charge is 0.493 e. The van der Waals surface area contributed by atoms with Gasteiger partial charge in [0.05, 0.1) is 25.6 Å². The number of amides is 1. The van der Waals surface area contributed by atoms with E-state index in [2.05, 4.69) is 5.32 Å². The van der Waals surface area contributed by atoms with Gasteiger partial charge >= 0.3 is 5.69 Å². The molecule has 0 atom stereocenters. The van der Waals surface area contributed by atoms with Gasteiger partial charge in [-0.25, -0.2) is 0 Å². The third kappa shape index (κ3) is 4.69. The monoisotopic (exact) mass is 346 g/mol. The summed E-state index contributed by atoms with van der Waals surface area (Å²) in [6.07, 6.45) is 0.589. The van der Waals surface area contributed by atoms with Crippen LogP contribution in [-0.4, -0.2) is 31.6 Å². The fourth-order valence-electron chi connectivity index (χ4n) is 2.52. The molecule has 0 bridgehead atoms. The highest BCUT2D eigenvalue weighted by Crippen LogP contribution is 2.39. The number of carbonyl (C=O) groups excluding carboxylic acids is 1. The summed E-state index contributed by atoms with van der Waals surface area (Å²) in [4.78, 5) is 23.0. The lowest BCUT2D eigenvalue weighted by molar-refractivity contribution is -0.386. The summed E-state index contributed by atoms with van der Waals surface area (Å²) in [6.45, 7) is 0.462. The Hall–Kier alpha value is -3.09. The van der Waals surface area contributed by atoms with Gasteiger partial charge in [-0.1, -0.05) is 30.3 Å². The molecule has 0 spiro atoms. The van der Waals surface area contributed by atoms with Crippen LogP contribution in [0.15, 0.2) is 42.5 Å². The highest BCUT2D eigenvalue weighted by atomic mass is 16.6. The van der Waals surface area contributed by atoms with Crippen molar-refractivity contribution in [1.82, 2.24) is 5.32 Å². The molecule has 132 valence electrons. The normalized spacial score (nSPS) is 10.2. The molecule has 1 N–H and O–H groups in total. The second-order valence-electron chi connectivity index (χ2n) is 5.33. The minimum atomic E-state index is -0.562. The van der Waals surface area contributed by atoms with E-state index in [0.29, 0.717) is 13.0 Å². The maximum atomic E-state index is 12.1. The Bertz CT molecular complexity index is 747. The number of ether oxygens (including phenoxy) is 2. The molecule has 0 unspecified atom stereocenters. The number of carbonyl (C=O) groups is 1. The van der Waals surface area contributed by atoms with Gasteiger partial charge in [-0.2, -0.15) is 0 Å². The highest BCUT2D eigenvalue weighted by Gasteiger charge is 2.26. The Labute approximate surface area is 145 Å². The topological polar surface area (TPSA) is 90.7 Å². The van der Waals surface area contributed by atoms with Gasteiger partial charge in [-0.3, -0.25) is 14.9 Å². The summed E-state index contributed by atoms with van der Waals surface area (Å²) in [5.41, 5.74) is 1.14. The molecule has 1 amide bonds. The SMILES string of the molecule is COc1ccc(C[14C](=O)NCCc2ccccc2)c([N+](=O)[O-])c1OC. The van der Waals surface area contributed by atoms with Gasteiger partial charge in [-0.15, -0.1) is 0 Å². The Morgan fingerprint density at radius 1 is 1.12 bits per heavy atom. The molecular weight excluding hydrogens is 326 g/mol. The number of benzene rings is 2. The molecule has 0 aliphatic heterocycles. The maximum absolute atomic E-state index is 12.1. The fraction of sp³-hybridized carbons (Fsp3) is 0.278. The van der Waals surface area contributed by atoms with Gasteiger partial charge in [0.2, 0.25) is 11.7 Å². The third-order valence-corrected chi connectivity index (χ3v) is 3.72. The lowest BCUT2D eigenvalue weighted by Crippen LogP contribution is -2.27. The smallest absolute Gasteiger partial charge is 0.318 e. The van der Waals surface area contributed by atoms with Gasteiger partial charge in [0.15, 0.2) is 5.75 Å². The van der Waals surface area contributed by atoms with Crippen molar-refractivity contribution in [1.29, 1.82) is 0 Å². The molecule has 7 heteroatoms. The lowest BCUT2D eigenvalue weighted by atomic mass is 10.1. The summed E-state index contributed by atoms with van der Waals surface area (Å²) in [5, 5.41) is 14.2. The van der Waals surface area contributed by atoms with Crippen molar-refractivity contribution in [2.24, 2.45) is 0 Å². The summed E-state index contributed by atoms with van der Waals surface area (Å²) in [7, 11) is 2.73. The Morgan fingerprint density at radius 2 is 1.84 bits per heavy atom. The number of rotatable bonds is 8. The minimum Gasteiger partial charge on any atom is -0.493 e. The van der Waals surface area contributed by atoms with E-state index in [-0.39, 0.29) is 35.1 Å². The molecule has 0 radical (unpaired) electrons. The summed E-state index contributed by atoms with van der Waals surface area (Å²) < 4.78 is 10.2. The van der Waals surface area contributed by atoms with Crippen LogP contribution in [0.3, 0.4) is 0 Å². The van der Waals surface area contributed by atoms with Crippen LogP contribution in [0.4, 0.5) is 5.69 Å². The predicted octanol–water partition coefficient (Wildman–Crippen LogP) is 2.51. The molecular formula is C18H20N2O5. The molecule has 2 aromatic rings. The molecule has 0 saturated carbocycles. The van der Waals surface area contributed by atoms with E-state index >= 15 is 0 Å². The number of hydrogen-bond donors (Lipinski definition) is 1. The van der Waals surface area contributed by atoms with Crippen LogP contribution in [0.5, 0.6) is 11.5 Å². The van der Waals surface area contributed by atoms with Crippen LogP contribution in [0, 0.1) is 10.1 Å². The molecule has 0 saturated heterocycles. The van der Waals surface area contributed by atoms with Gasteiger partial charge in [-0.05, 0) is 24.1 Å². The average molecular weight is 346 g/mol. The number of hydrogen-bond acceptors (Lipinski definition) is 5. The van der Waals surface area contributed by atoms with Crippen molar-refractivity contribution >= 4 is 11.6 Å². The molecule has 25 heavy (non-hydrogen) atoms. The van der Waals surface area contributed by atoms with E-state index in [9.17, 15) is 14.9 Å². The van der Waals surface area contributed by atoms with Crippen molar-refractivity contribution in [3.63, 3.8) is 0 Å². The molecule has 7 nitrogen and oxygen atoms in total. The first kappa shape index (κ1) is 18.3. The summed E-state index contributed by atoms with van der Waals surface area (Å²) in [5.74, 6) is -0.0178. The van der Waals surface area contributed by atoms with E-state index in [1.165, 1.54) is 20.3 Å². The molecule has 0 aliphatic rings. The van der Waals surface area contributed by atoms with Gasteiger partial charge in [0.25, 0.3) is 0 Å². The molecule has 0 heterocycles. The van der Waals surface area contributed by atoms with Crippen molar-refractivity contribution in [3.05, 3.63) is 63.7 Å². The second-order valence-corrected chi connectivity index (χ2v) is 5.33. The van der Waals surface area contributed by atoms with E-state index in [1.807, 2.05) is 30.3 Å². The maximum Gasteiger partial charge on any atom is 0.318 e. The van der Waals surface area contributed by atoms with E-state index in [4.69, 9.17) is 9.47 Å². The van der Waals surface area contributed by atoms with Crippen molar-refractivity contribution < 1.29 is 19.2 Å². The van der Waals surface area contributed by atoms with Gasteiger partial charge in [0.1, 0.15) is 0 Å². The van der Waals surface area contributed by atoms with E-state index in [0.717, 1.165) is 5.56 Å². The first-order chi connectivity index (χ1) is 12.1. The number of nitro groups is 1. The van der Waals surface area contributed by atoms with Crippen LogP contribution in [-0.2, 0) is 17.6 Å². The van der Waals surface area contributed by atoms with Crippen LogP contribution in [0.25, 0.3) is 0 Å². The minimum absolute atomic E-state index is 0.0158. The zero-order chi connectivity index (χ0) is 18.2. The van der Waals surface area contributed by atoms with E-state index < -0.39 is 4.92 Å². The predicted molar refractivity (Wildman–Crippen MR) is 93.1 cm³/mol. The summed E-state index contributed by atoms with van der Waals surface area (Å²) >= 11 is 0. The van der Waals surface area contributed by atoms with Gasteiger partial charge in [0, 0.05) is 12.1 Å². The molecule has 2 rings (SSSR count). The third-order valence-electron chi connectivity index (χ3n) is 3.72. The van der Waals surface area contributed by atoms with Crippen LogP contribution in [0.2, 0.25) is 0 Å². The number of nitro benzene ring substituents is 1. The Kier molecular flexibility index (Phi) is 6.33. The van der Waals surface area contributed by atoms with Crippen LogP contribution >= 0.6 is 0 Å². The molecule has 0 fully saturated rings. The molecule has 0 aromatic heterocycles. The first-order valence-electron chi connectivity index (χ1n) is 7.75. The van der Waals surface area contributed by atoms with Gasteiger partial charge < -0.3 is 14.8 Å².